The summed E-state index contributed by atoms with van der Waals surface area (Å²) in [5.41, 5.74) is 2.12. The molecule has 3 aliphatic rings. The first-order valence-corrected chi connectivity index (χ1v) is 11.6. The first-order valence-electron chi connectivity index (χ1n) is 11.6. The normalized spacial score (nSPS) is 24.3. The van der Waals surface area contributed by atoms with Gasteiger partial charge in [-0.1, -0.05) is 0 Å². The summed E-state index contributed by atoms with van der Waals surface area (Å²) < 4.78 is 48.6. The molecule has 0 spiro atoms. The largest absolute Gasteiger partial charge is 0.373 e. The first kappa shape index (κ1) is 21.5. The van der Waals surface area contributed by atoms with Crippen LogP contribution in [-0.2, 0) is 24.4 Å². The number of fused-ring (bicyclic) bond motifs is 2. The summed E-state index contributed by atoms with van der Waals surface area (Å²) in [4.78, 5) is 2.49. The van der Waals surface area contributed by atoms with Gasteiger partial charge in [-0.3, -0.25) is 9.58 Å². The van der Waals surface area contributed by atoms with Crippen molar-refractivity contribution in [2.24, 2.45) is 11.8 Å². The minimum absolute atomic E-state index is 0.0907. The third-order valence-electron chi connectivity index (χ3n) is 7.11. The summed E-state index contributed by atoms with van der Waals surface area (Å²) in [6, 6.07) is 7.08. The summed E-state index contributed by atoms with van der Waals surface area (Å²) in [5.74, 6) is -1.41. The quantitative estimate of drug-likeness (QED) is 0.575. The molecular weight excluding hydrogens is 445 g/mol. The van der Waals surface area contributed by atoms with Gasteiger partial charge in [-0.05, 0) is 48.9 Å². The van der Waals surface area contributed by atoms with E-state index in [9.17, 15) is 13.2 Å². The van der Waals surface area contributed by atoms with E-state index < -0.39 is 17.5 Å². The number of rotatable bonds is 5. The van der Waals surface area contributed by atoms with Crippen molar-refractivity contribution in [3.05, 3.63) is 59.2 Å². The number of nitrogens with one attached hydrogen (secondary N) is 1. The van der Waals surface area contributed by atoms with E-state index in [4.69, 9.17) is 9.84 Å². The average molecular weight is 470 g/mol. The molecule has 34 heavy (non-hydrogen) atoms. The molecule has 178 valence electrons. The van der Waals surface area contributed by atoms with Gasteiger partial charge in [0.2, 0.25) is 0 Å². The van der Waals surface area contributed by atoms with Crippen LogP contribution in [0.5, 0.6) is 0 Å². The van der Waals surface area contributed by atoms with E-state index in [1.165, 1.54) is 6.07 Å². The molecule has 10 heteroatoms. The second-order valence-electron chi connectivity index (χ2n) is 9.48. The molecule has 4 heterocycles. The Morgan fingerprint density at radius 3 is 2.59 bits per heavy atom. The second-order valence-corrected chi connectivity index (χ2v) is 9.48. The van der Waals surface area contributed by atoms with Gasteiger partial charge in [0, 0.05) is 37.3 Å². The predicted molar refractivity (Wildman–Crippen MR) is 118 cm³/mol. The highest BCUT2D eigenvalue weighted by atomic mass is 19.2. The van der Waals surface area contributed by atoms with Gasteiger partial charge in [0.05, 0.1) is 36.8 Å². The first-order chi connectivity index (χ1) is 16.5. The molecule has 2 aromatic heterocycles. The van der Waals surface area contributed by atoms with Crippen LogP contribution in [0, 0.1) is 29.3 Å². The third-order valence-corrected chi connectivity index (χ3v) is 7.11. The molecule has 1 N–H and O–H groups in total. The van der Waals surface area contributed by atoms with E-state index in [2.05, 4.69) is 31.2 Å². The monoisotopic (exact) mass is 470 g/mol. The number of anilines is 1. The zero-order valence-corrected chi connectivity index (χ0v) is 18.6. The minimum Gasteiger partial charge on any atom is -0.373 e. The lowest BCUT2D eigenvalue weighted by molar-refractivity contribution is 0.0799. The van der Waals surface area contributed by atoms with Gasteiger partial charge < -0.3 is 10.1 Å². The van der Waals surface area contributed by atoms with Gasteiger partial charge in [0.15, 0.2) is 11.6 Å². The van der Waals surface area contributed by atoms with Gasteiger partial charge in [-0.15, -0.1) is 10.2 Å². The molecule has 1 saturated heterocycles. The Bertz CT molecular complexity index is 1160. The number of nitrogens with zero attached hydrogens (tertiary/aromatic N) is 5. The molecule has 1 saturated carbocycles. The highest BCUT2D eigenvalue weighted by molar-refractivity contribution is 5.60. The van der Waals surface area contributed by atoms with E-state index in [-0.39, 0.29) is 17.3 Å². The van der Waals surface area contributed by atoms with Gasteiger partial charge >= 0.3 is 0 Å². The lowest BCUT2D eigenvalue weighted by Gasteiger charge is -2.19. The molecule has 0 bridgehead atoms. The molecule has 3 atom stereocenters. The maximum atomic E-state index is 14.0. The van der Waals surface area contributed by atoms with Crippen LogP contribution in [0.25, 0.3) is 11.3 Å². The number of benzene rings is 1. The Labute approximate surface area is 194 Å². The Morgan fingerprint density at radius 1 is 1.03 bits per heavy atom. The van der Waals surface area contributed by atoms with Gasteiger partial charge in [0.1, 0.15) is 11.6 Å². The highest BCUT2D eigenvalue weighted by Gasteiger charge is 2.41. The number of hydrogen-bond acceptors (Lipinski definition) is 6. The molecule has 2 aliphatic heterocycles. The summed E-state index contributed by atoms with van der Waals surface area (Å²) in [7, 11) is 0. The number of aromatic nitrogens is 4. The summed E-state index contributed by atoms with van der Waals surface area (Å²) in [6.45, 7) is 5.17. The summed E-state index contributed by atoms with van der Waals surface area (Å²) >= 11 is 0. The van der Waals surface area contributed by atoms with E-state index in [1.54, 1.807) is 6.07 Å². The van der Waals surface area contributed by atoms with E-state index in [0.717, 1.165) is 63.1 Å². The van der Waals surface area contributed by atoms with Crippen LogP contribution in [-0.4, -0.2) is 50.6 Å². The van der Waals surface area contributed by atoms with Crippen molar-refractivity contribution in [3.8, 4) is 11.3 Å². The van der Waals surface area contributed by atoms with E-state index in [0.29, 0.717) is 30.3 Å². The number of hydrogen-bond donors (Lipinski definition) is 1. The highest BCUT2D eigenvalue weighted by Crippen LogP contribution is 2.39. The standard InChI is InChI=1S/C24H25F3N6O/c25-16-7-20(24(27)21(26)8-16)22-1-2-23(30-29-22)28-17-5-14-10-32(11-15(14)6-17)12-18-9-19-13-34-4-3-33(19)31-18/h1-2,7-9,14-15,17H,3-6,10-13H2,(H,28,30)/t14-,15+,17-. The van der Waals surface area contributed by atoms with Crippen LogP contribution in [0.15, 0.2) is 30.3 Å². The Hall–Kier alpha value is -2.98. The molecule has 2 fully saturated rings. The lowest BCUT2D eigenvalue weighted by Crippen LogP contribution is -2.25. The van der Waals surface area contributed by atoms with Crippen molar-refractivity contribution in [1.82, 2.24) is 24.9 Å². The van der Waals surface area contributed by atoms with Crippen LogP contribution in [0.2, 0.25) is 0 Å². The fourth-order valence-electron chi connectivity index (χ4n) is 5.61. The SMILES string of the molecule is Fc1cc(F)c(F)c(-c2ccc(N[C@@H]3C[C@@H]4CN(Cc5cc6n(n5)CCOC6)C[C@@H]4C3)nn2)c1. The van der Waals surface area contributed by atoms with Gasteiger partial charge in [-0.2, -0.15) is 5.10 Å². The number of halogens is 3. The molecule has 7 nitrogen and oxygen atoms in total. The van der Waals surface area contributed by atoms with Crippen LogP contribution < -0.4 is 5.32 Å². The summed E-state index contributed by atoms with van der Waals surface area (Å²) in [6.07, 6.45) is 2.09. The molecule has 1 aromatic carbocycles. The maximum absolute atomic E-state index is 14.0. The number of ether oxygens (including phenoxy) is 1. The van der Waals surface area contributed by atoms with Crippen molar-refractivity contribution in [2.45, 2.75) is 38.6 Å². The average Bonchev–Trinajstić information content (AvgIpc) is 3.49. The van der Waals surface area contributed by atoms with E-state index >= 15 is 0 Å². The molecule has 0 unspecified atom stereocenters. The van der Waals surface area contributed by atoms with E-state index in [1.807, 2.05) is 0 Å². The zero-order chi connectivity index (χ0) is 23.2. The van der Waals surface area contributed by atoms with Crippen LogP contribution in [0.1, 0.15) is 24.2 Å². The van der Waals surface area contributed by atoms with Gasteiger partial charge in [-0.25, -0.2) is 13.2 Å². The van der Waals surface area contributed by atoms with Crippen molar-refractivity contribution in [2.75, 3.05) is 25.0 Å². The van der Waals surface area contributed by atoms with Crippen molar-refractivity contribution in [1.29, 1.82) is 0 Å². The third kappa shape index (κ3) is 4.16. The Balaban J connectivity index is 1.04. The lowest BCUT2D eigenvalue weighted by atomic mass is 10.0. The predicted octanol–water partition coefficient (Wildman–Crippen LogP) is 3.61. The molecular formula is C24H25F3N6O. The Morgan fingerprint density at radius 2 is 1.85 bits per heavy atom. The smallest absolute Gasteiger partial charge is 0.168 e. The maximum Gasteiger partial charge on any atom is 0.168 e. The fourth-order valence-corrected chi connectivity index (χ4v) is 5.61. The van der Waals surface area contributed by atoms with Crippen molar-refractivity contribution in [3.63, 3.8) is 0 Å². The second kappa shape index (κ2) is 8.66. The fraction of sp³-hybridized carbons (Fsp3) is 0.458. The zero-order valence-electron chi connectivity index (χ0n) is 18.6. The van der Waals surface area contributed by atoms with Crippen LogP contribution in [0.3, 0.4) is 0 Å². The number of likely N-dealkylation sites (tertiary alicyclic amines) is 1. The Kier molecular flexibility index (Phi) is 5.49. The van der Waals surface area contributed by atoms with Crippen LogP contribution >= 0.6 is 0 Å². The molecule has 6 rings (SSSR count). The molecule has 1 aliphatic carbocycles. The molecule has 3 aromatic rings. The minimum atomic E-state index is -1.24. The van der Waals surface area contributed by atoms with Gasteiger partial charge in [0.25, 0.3) is 0 Å². The van der Waals surface area contributed by atoms with Crippen molar-refractivity contribution >= 4 is 5.82 Å². The topological polar surface area (TPSA) is 68.1 Å². The molecule has 0 amide bonds. The summed E-state index contributed by atoms with van der Waals surface area (Å²) in [5, 5.41) is 16.2. The molecule has 0 radical (unpaired) electrons. The van der Waals surface area contributed by atoms with Crippen LogP contribution in [0.4, 0.5) is 19.0 Å². The van der Waals surface area contributed by atoms with Crippen molar-refractivity contribution < 1.29 is 17.9 Å².